The van der Waals surface area contributed by atoms with Crippen molar-refractivity contribution in [3.05, 3.63) is 212 Å². The molecule has 0 N–H and O–H groups in total. The molecular weight excluding hydrogens is 655 g/mol. The zero-order valence-electron chi connectivity index (χ0n) is 29.5. The van der Waals surface area contributed by atoms with Crippen molar-refractivity contribution in [1.29, 1.82) is 0 Å². The van der Waals surface area contributed by atoms with Crippen molar-refractivity contribution in [3.8, 4) is 89.8 Å². The van der Waals surface area contributed by atoms with Gasteiger partial charge < -0.3 is 0 Å². The van der Waals surface area contributed by atoms with Gasteiger partial charge in [0.25, 0.3) is 0 Å². The molecule has 54 heavy (non-hydrogen) atoms. The monoisotopic (exact) mass is 689 g/mol. The van der Waals surface area contributed by atoms with Crippen LogP contribution in [-0.4, -0.2) is 15.0 Å². The molecular formula is C51H35N3. The Bertz CT molecular complexity index is 2690. The predicted octanol–water partition coefficient (Wildman–Crippen LogP) is 13.2. The molecule has 0 amide bonds. The molecule has 0 bridgehead atoms. The lowest BCUT2D eigenvalue weighted by Gasteiger charge is -2.12. The van der Waals surface area contributed by atoms with Gasteiger partial charge in [-0.15, -0.1) is 0 Å². The van der Waals surface area contributed by atoms with Gasteiger partial charge in [0.15, 0.2) is 17.5 Å². The second-order valence-corrected chi connectivity index (χ2v) is 13.3. The van der Waals surface area contributed by atoms with E-state index in [1.54, 1.807) is 0 Å². The molecule has 0 fully saturated rings. The van der Waals surface area contributed by atoms with Gasteiger partial charge in [0.05, 0.1) is 0 Å². The molecule has 0 aliphatic carbocycles. The van der Waals surface area contributed by atoms with Crippen LogP contribution in [0.2, 0.25) is 0 Å². The number of aromatic nitrogens is 3. The zero-order valence-corrected chi connectivity index (χ0v) is 29.5. The maximum Gasteiger partial charge on any atom is 0.164 e. The normalized spacial score (nSPS) is 11.0. The van der Waals surface area contributed by atoms with E-state index in [0.29, 0.717) is 17.5 Å². The Morgan fingerprint density at radius 1 is 0.167 bits per heavy atom. The van der Waals surface area contributed by atoms with Gasteiger partial charge in [0, 0.05) is 16.7 Å². The number of rotatable bonds is 8. The van der Waals surface area contributed by atoms with Crippen molar-refractivity contribution >= 4 is 0 Å². The molecule has 9 rings (SSSR count). The number of benzene rings is 8. The molecule has 8 aromatic carbocycles. The van der Waals surface area contributed by atoms with E-state index in [9.17, 15) is 0 Å². The Hall–Kier alpha value is -7.23. The first-order valence-corrected chi connectivity index (χ1v) is 18.2. The van der Waals surface area contributed by atoms with Crippen LogP contribution in [0.4, 0.5) is 0 Å². The van der Waals surface area contributed by atoms with Gasteiger partial charge in [-0.1, -0.05) is 188 Å². The Morgan fingerprint density at radius 3 is 0.704 bits per heavy atom. The standard InChI is InChI=1S/C51H35N3/c1-4-14-36(15-5-1)39-28-30-40(31-29-39)43-22-12-26-47(34-43)50-52-49(46-25-11-21-42(33-46)38-18-8-3-9-19-38)53-51(54-50)48-27-13-24-45(35-48)44-23-10-20-41(32-44)37-16-6-2-7-17-37/h1-35H. The molecule has 1 aromatic heterocycles. The van der Waals surface area contributed by atoms with Crippen LogP contribution in [0.25, 0.3) is 89.8 Å². The fourth-order valence-corrected chi connectivity index (χ4v) is 6.90. The molecule has 0 radical (unpaired) electrons. The summed E-state index contributed by atoms with van der Waals surface area (Å²) in [6.45, 7) is 0. The van der Waals surface area contributed by atoms with Gasteiger partial charge in [0.1, 0.15) is 0 Å². The van der Waals surface area contributed by atoms with Crippen molar-refractivity contribution in [2.75, 3.05) is 0 Å². The third kappa shape index (κ3) is 6.99. The fourth-order valence-electron chi connectivity index (χ4n) is 6.90. The van der Waals surface area contributed by atoms with Crippen LogP contribution < -0.4 is 0 Å². The van der Waals surface area contributed by atoms with Gasteiger partial charge in [-0.2, -0.15) is 0 Å². The van der Waals surface area contributed by atoms with Crippen molar-refractivity contribution in [2.45, 2.75) is 0 Å². The third-order valence-electron chi connectivity index (χ3n) is 9.73. The minimum atomic E-state index is 0.624. The summed E-state index contributed by atoms with van der Waals surface area (Å²) in [4.78, 5) is 15.4. The van der Waals surface area contributed by atoms with E-state index in [1.807, 2.05) is 18.2 Å². The Kier molecular flexibility index (Phi) is 8.94. The maximum atomic E-state index is 5.15. The lowest BCUT2D eigenvalue weighted by atomic mass is 9.98. The molecule has 0 unspecified atom stereocenters. The largest absolute Gasteiger partial charge is 0.208 e. The van der Waals surface area contributed by atoms with Crippen molar-refractivity contribution in [2.24, 2.45) is 0 Å². The van der Waals surface area contributed by atoms with Gasteiger partial charge >= 0.3 is 0 Å². The van der Waals surface area contributed by atoms with Crippen LogP contribution in [0.5, 0.6) is 0 Å². The second-order valence-electron chi connectivity index (χ2n) is 13.3. The molecule has 0 aliphatic heterocycles. The fraction of sp³-hybridized carbons (Fsp3) is 0. The summed E-state index contributed by atoms with van der Waals surface area (Å²) >= 11 is 0. The molecule has 0 spiro atoms. The smallest absolute Gasteiger partial charge is 0.164 e. The minimum absolute atomic E-state index is 0.624. The number of hydrogen-bond donors (Lipinski definition) is 0. The van der Waals surface area contributed by atoms with Crippen LogP contribution in [0.15, 0.2) is 212 Å². The average Bonchev–Trinajstić information content (AvgIpc) is 3.27. The molecule has 0 saturated carbocycles. The first-order valence-electron chi connectivity index (χ1n) is 18.2. The molecule has 0 aliphatic rings. The molecule has 0 saturated heterocycles. The summed E-state index contributed by atoms with van der Waals surface area (Å²) in [5.74, 6) is 1.88. The van der Waals surface area contributed by atoms with Gasteiger partial charge in [-0.3, -0.25) is 0 Å². The van der Waals surface area contributed by atoms with E-state index in [4.69, 9.17) is 15.0 Å². The lowest BCUT2D eigenvalue weighted by Crippen LogP contribution is -2.00. The third-order valence-corrected chi connectivity index (χ3v) is 9.73. The summed E-state index contributed by atoms with van der Waals surface area (Å²) in [6, 6.07) is 74.1. The highest BCUT2D eigenvalue weighted by molar-refractivity contribution is 5.78. The lowest BCUT2D eigenvalue weighted by molar-refractivity contribution is 1.07. The van der Waals surface area contributed by atoms with Crippen LogP contribution in [0.3, 0.4) is 0 Å². The Labute approximate surface area is 316 Å². The van der Waals surface area contributed by atoms with E-state index < -0.39 is 0 Å². The Morgan fingerprint density at radius 2 is 0.370 bits per heavy atom. The van der Waals surface area contributed by atoms with E-state index in [0.717, 1.165) is 50.1 Å². The summed E-state index contributed by atoms with van der Waals surface area (Å²) in [5.41, 5.74) is 14.3. The number of nitrogens with zero attached hydrogens (tertiary/aromatic N) is 3. The quantitative estimate of drug-likeness (QED) is 0.159. The van der Waals surface area contributed by atoms with E-state index in [2.05, 4.69) is 194 Å². The zero-order chi connectivity index (χ0) is 36.1. The summed E-state index contributed by atoms with van der Waals surface area (Å²) in [6.07, 6.45) is 0. The van der Waals surface area contributed by atoms with Crippen molar-refractivity contribution in [1.82, 2.24) is 15.0 Å². The van der Waals surface area contributed by atoms with Crippen LogP contribution in [0.1, 0.15) is 0 Å². The summed E-state index contributed by atoms with van der Waals surface area (Å²) in [7, 11) is 0. The van der Waals surface area contributed by atoms with E-state index >= 15 is 0 Å². The molecule has 0 atom stereocenters. The highest BCUT2D eigenvalue weighted by atomic mass is 15.0. The van der Waals surface area contributed by atoms with Crippen molar-refractivity contribution < 1.29 is 0 Å². The molecule has 9 aromatic rings. The van der Waals surface area contributed by atoms with Gasteiger partial charge in [-0.05, 0) is 79.9 Å². The summed E-state index contributed by atoms with van der Waals surface area (Å²) < 4.78 is 0. The molecule has 3 heteroatoms. The molecule has 254 valence electrons. The second kappa shape index (κ2) is 14.8. The van der Waals surface area contributed by atoms with Crippen LogP contribution >= 0.6 is 0 Å². The first-order chi connectivity index (χ1) is 26.7. The van der Waals surface area contributed by atoms with Crippen molar-refractivity contribution in [3.63, 3.8) is 0 Å². The van der Waals surface area contributed by atoms with Crippen LogP contribution in [0, 0.1) is 0 Å². The topological polar surface area (TPSA) is 38.7 Å². The van der Waals surface area contributed by atoms with E-state index in [1.165, 1.54) is 22.3 Å². The first kappa shape index (κ1) is 32.7. The highest BCUT2D eigenvalue weighted by Gasteiger charge is 2.15. The molecule has 1 heterocycles. The number of hydrogen-bond acceptors (Lipinski definition) is 3. The van der Waals surface area contributed by atoms with Gasteiger partial charge in [0.2, 0.25) is 0 Å². The SMILES string of the molecule is c1ccc(-c2ccc(-c3cccc(-c4nc(-c5cccc(-c6ccccc6)c5)nc(-c5cccc(-c6cccc(-c7ccccc7)c6)c5)n4)c3)cc2)cc1. The summed E-state index contributed by atoms with van der Waals surface area (Å²) in [5, 5.41) is 0. The highest BCUT2D eigenvalue weighted by Crippen LogP contribution is 2.33. The molecule has 3 nitrogen and oxygen atoms in total. The average molecular weight is 690 g/mol. The maximum absolute atomic E-state index is 5.15. The van der Waals surface area contributed by atoms with E-state index in [-0.39, 0.29) is 0 Å². The predicted molar refractivity (Wildman–Crippen MR) is 223 cm³/mol. The van der Waals surface area contributed by atoms with Crippen LogP contribution in [-0.2, 0) is 0 Å². The minimum Gasteiger partial charge on any atom is -0.208 e. The van der Waals surface area contributed by atoms with Gasteiger partial charge in [-0.25, -0.2) is 15.0 Å². The Balaban J connectivity index is 1.13.